The van der Waals surface area contributed by atoms with Crippen molar-refractivity contribution < 1.29 is 9.53 Å². The predicted octanol–water partition coefficient (Wildman–Crippen LogP) is 3.56. The predicted molar refractivity (Wildman–Crippen MR) is 103 cm³/mol. The molecule has 1 saturated heterocycles. The molecule has 0 saturated carbocycles. The maximum absolute atomic E-state index is 12.5. The van der Waals surface area contributed by atoms with Crippen LogP contribution in [0.4, 0.5) is 0 Å². The molecule has 0 aliphatic carbocycles. The number of carbonyl (C=O) groups is 1. The Bertz CT molecular complexity index is 776. The lowest BCUT2D eigenvalue weighted by molar-refractivity contribution is 0.0690. The van der Waals surface area contributed by atoms with Crippen LogP contribution in [-0.4, -0.2) is 42.9 Å². The van der Waals surface area contributed by atoms with Gasteiger partial charge in [-0.15, -0.1) is 0 Å². The Morgan fingerprint density at radius 1 is 1.04 bits per heavy atom. The van der Waals surface area contributed by atoms with Crippen molar-refractivity contribution in [3.05, 3.63) is 71.3 Å². The van der Waals surface area contributed by atoms with Gasteiger partial charge in [0.15, 0.2) is 0 Å². The molecule has 134 valence electrons. The molecular weight excluding hydrogens is 324 g/mol. The number of nitrogens with zero attached hydrogens (tertiary/aromatic N) is 2. The van der Waals surface area contributed by atoms with E-state index < -0.39 is 0 Å². The van der Waals surface area contributed by atoms with Crippen LogP contribution in [0, 0.1) is 5.92 Å². The van der Waals surface area contributed by atoms with Crippen LogP contribution in [0.25, 0.3) is 0 Å². The quantitative estimate of drug-likeness (QED) is 0.848. The van der Waals surface area contributed by atoms with Gasteiger partial charge >= 0.3 is 0 Å². The number of hydrogen-bond donors (Lipinski definition) is 0. The van der Waals surface area contributed by atoms with Crippen molar-refractivity contribution in [1.29, 1.82) is 0 Å². The Labute approximate surface area is 154 Å². The molecule has 1 fully saturated rings. The third-order valence-corrected chi connectivity index (χ3v) is 5.23. The largest absolute Gasteiger partial charge is 0.476 e. The monoisotopic (exact) mass is 348 g/mol. The van der Waals surface area contributed by atoms with E-state index >= 15 is 0 Å². The summed E-state index contributed by atoms with van der Waals surface area (Å²) in [4.78, 5) is 18.9. The number of amides is 1. The van der Waals surface area contributed by atoms with E-state index in [-0.39, 0.29) is 5.91 Å². The number of carbonyl (C=O) groups excluding carboxylic acids is 1. The first-order chi connectivity index (χ1) is 12.8. The summed E-state index contributed by atoms with van der Waals surface area (Å²) in [6.45, 7) is 3.15. The van der Waals surface area contributed by atoms with Gasteiger partial charge in [0.05, 0.1) is 6.54 Å². The molecule has 2 aliphatic heterocycles. The van der Waals surface area contributed by atoms with E-state index in [1.807, 2.05) is 35.2 Å². The first-order valence-electron chi connectivity index (χ1n) is 9.40. The lowest BCUT2D eigenvalue weighted by Gasteiger charge is -2.32. The third-order valence-electron chi connectivity index (χ3n) is 5.23. The topological polar surface area (TPSA) is 41.9 Å². The fourth-order valence-electron chi connectivity index (χ4n) is 3.73. The molecule has 0 unspecified atom stereocenters. The van der Waals surface area contributed by atoms with Crippen LogP contribution in [0.1, 0.15) is 34.3 Å². The summed E-state index contributed by atoms with van der Waals surface area (Å²) in [5.74, 6) is 1.57. The molecule has 4 nitrogen and oxygen atoms in total. The van der Waals surface area contributed by atoms with Crippen molar-refractivity contribution in [3.63, 3.8) is 0 Å². The number of ether oxygens (including phenoxy) is 1. The lowest BCUT2D eigenvalue weighted by atomic mass is 9.89. The highest BCUT2D eigenvalue weighted by Gasteiger charge is 2.23. The molecule has 26 heavy (non-hydrogen) atoms. The average Bonchev–Trinajstić information content (AvgIpc) is 3.24. The van der Waals surface area contributed by atoms with Gasteiger partial charge in [-0.2, -0.15) is 0 Å². The number of rotatable bonds is 4. The van der Waals surface area contributed by atoms with Gasteiger partial charge in [-0.25, -0.2) is 4.99 Å². The van der Waals surface area contributed by atoms with Crippen LogP contribution in [0.3, 0.4) is 0 Å². The maximum Gasteiger partial charge on any atom is 0.253 e. The van der Waals surface area contributed by atoms with Gasteiger partial charge in [0.25, 0.3) is 5.91 Å². The van der Waals surface area contributed by atoms with Crippen molar-refractivity contribution in [1.82, 2.24) is 4.90 Å². The zero-order valence-electron chi connectivity index (χ0n) is 14.9. The van der Waals surface area contributed by atoms with E-state index in [0.29, 0.717) is 12.5 Å². The number of piperidine rings is 1. The molecule has 0 atom stereocenters. The summed E-state index contributed by atoms with van der Waals surface area (Å²) in [6.07, 6.45) is 3.20. The van der Waals surface area contributed by atoms with Crippen LogP contribution in [0.15, 0.2) is 59.6 Å². The minimum absolute atomic E-state index is 0.158. The minimum Gasteiger partial charge on any atom is -0.476 e. The Kier molecular flexibility index (Phi) is 5.00. The summed E-state index contributed by atoms with van der Waals surface area (Å²) in [5.41, 5.74) is 3.20. The molecule has 0 aromatic heterocycles. The van der Waals surface area contributed by atoms with Crippen molar-refractivity contribution in [2.75, 3.05) is 26.2 Å². The lowest BCUT2D eigenvalue weighted by Crippen LogP contribution is -2.38. The molecule has 2 aromatic carbocycles. The molecule has 1 amide bonds. The molecule has 2 heterocycles. The van der Waals surface area contributed by atoms with E-state index in [0.717, 1.165) is 55.9 Å². The zero-order valence-corrected chi connectivity index (χ0v) is 14.9. The normalized spacial score (nSPS) is 17.7. The van der Waals surface area contributed by atoms with Gasteiger partial charge in [0.1, 0.15) is 6.61 Å². The van der Waals surface area contributed by atoms with Crippen molar-refractivity contribution in [2.24, 2.45) is 10.9 Å². The summed E-state index contributed by atoms with van der Waals surface area (Å²) < 4.78 is 5.51. The summed E-state index contributed by atoms with van der Waals surface area (Å²) in [6, 6.07) is 18.2. The second-order valence-electron chi connectivity index (χ2n) is 7.04. The average molecular weight is 348 g/mol. The van der Waals surface area contributed by atoms with Crippen LogP contribution >= 0.6 is 0 Å². The van der Waals surface area contributed by atoms with Gasteiger partial charge in [0.2, 0.25) is 5.90 Å². The molecule has 4 heteroatoms. The summed E-state index contributed by atoms with van der Waals surface area (Å²) >= 11 is 0. The van der Waals surface area contributed by atoms with Gasteiger partial charge in [0, 0.05) is 24.2 Å². The Balaban J connectivity index is 1.30. The van der Waals surface area contributed by atoms with Crippen LogP contribution in [0.5, 0.6) is 0 Å². The Morgan fingerprint density at radius 3 is 2.42 bits per heavy atom. The number of benzene rings is 2. The first-order valence-corrected chi connectivity index (χ1v) is 9.40. The molecule has 2 aromatic rings. The highest BCUT2D eigenvalue weighted by atomic mass is 16.5. The van der Waals surface area contributed by atoms with E-state index in [9.17, 15) is 4.79 Å². The molecular formula is C22H24N2O2. The van der Waals surface area contributed by atoms with Crippen molar-refractivity contribution in [3.8, 4) is 0 Å². The van der Waals surface area contributed by atoms with Crippen LogP contribution in [0.2, 0.25) is 0 Å². The third kappa shape index (κ3) is 3.79. The van der Waals surface area contributed by atoms with E-state index in [1.54, 1.807) is 0 Å². The zero-order chi connectivity index (χ0) is 17.8. The van der Waals surface area contributed by atoms with E-state index in [4.69, 9.17) is 4.74 Å². The highest BCUT2D eigenvalue weighted by Crippen LogP contribution is 2.23. The second-order valence-corrected chi connectivity index (χ2v) is 7.04. The van der Waals surface area contributed by atoms with Gasteiger partial charge in [-0.3, -0.25) is 4.79 Å². The first kappa shape index (κ1) is 16.8. The summed E-state index contributed by atoms with van der Waals surface area (Å²) in [5, 5.41) is 0. The smallest absolute Gasteiger partial charge is 0.253 e. The van der Waals surface area contributed by atoms with Gasteiger partial charge in [-0.1, -0.05) is 30.3 Å². The maximum atomic E-state index is 12.5. The Hall–Kier alpha value is -2.62. The minimum atomic E-state index is 0.158. The number of likely N-dealkylation sites (tertiary alicyclic amines) is 1. The highest BCUT2D eigenvalue weighted by molar-refractivity contribution is 5.95. The fourth-order valence-corrected chi connectivity index (χ4v) is 3.73. The van der Waals surface area contributed by atoms with Gasteiger partial charge in [-0.05, 0) is 55.0 Å². The van der Waals surface area contributed by atoms with Gasteiger partial charge < -0.3 is 9.64 Å². The molecule has 4 rings (SSSR count). The second kappa shape index (κ2) is 7.73. The fraction of sp³-hybridized carbons (Fsp3) is 0.364. The molecule has 0 spiro atoms. The standard InChI is InChI=1S/C22H24N2O2/c25-22(20-4-2-1-3-5-20)24-13-10-18(11-14-24)16-17-6-8-19(9-7-17)21-23-12-15-26-21/h1-9,18H,10-16H2. The number of hydrogen-bond acceptors (Lipinski definition) is 3. The summed E-state index contributed by atoms with van der Waals surface area (Å²) in [7, 11) is 0. The van der Waals surface area contributed by atoms with E-state index in [1.165, 1.54) is 5.56 Å². The molecule has 2 aliphatic rings. The Morgan fingerprint density at radius 2 is 1.77 bits per heavy atom. The molecule has 0 radical (unpaired) electrons. The van der Waals surface area contributed by atoms with Crippen molar-refractivity contribution >= 4 is 11.8 Å². The molecule has 0 bridgehead atoms. The number of aliphatic imine (C=N–C) groups is 1. The van der Waals surface area contributed by atoms with Crippen LogP contribution in [-0.2, 0) is 11.2 Å². The molecule has 0 N–H and O–H groups in total. The van der Waals surface area contributed by atoms with E-state index in [2.05, 4.69) is 29.3 Å². The van der Waals surface area contributed by atoms with Crippen LogP contribution < -0.4 is 0 Å². The SMILES string of the molecule is O=C(c1ccccc1)N1CCC(Cc2ccc(C3=NCCO3)cc2)CC1. The van der Waals surface area contributed by atoms with Crippen molar-refractivity contribution in [2.45, 2.75) is 19.3 Å².